The van der Waals surface area contributed by atoms with Gasteiger partial charge >= 0.3 is 0 Å². The molecule has 51 heavy (non-hydrogen) atoms. The molecule has 1 atom stereocenters. The van der Waals surface area contributed by atoms with Crippen molar-refractivity contribution in [3.05, 3.63) is 179 Å². The van der Waals surface area contributed by atoms with E-state index in [0.29, 0.717) is 26.2 Å². The highest BCUT2D eigenvalue weighted by Crippen LogP contribution is 2.37. The molecular weight excluding hydrogens is 635 g/mol. The van der Waals surface area contributed by atoms with Gasteiger partial charge in [-0.15, -0.1) is 0 Å². The predicted octanol–water partition coefficient (Wildman–Crippen LogP) is 7.26. The van der Waals surface area contributed by atoms with Gasteiger partial charge in [0.1, 0.15) is 5.54 Å². The molecule has 0 spiro atoms. The summed E-state index contributed by atoms with van der Waals surface area (Å²) in [6.07, 6.45) is -0.194. The van der Waals surface area contributed by atoms with E-state index in [0.717, 1.165) is 27.8 Å². The van der Waals surface area contributed by atoms with Crippen LogP contribution >= 0.6 is 0 Å². The lowest BCUT2D eigenvalue weighted by Gasteiger charge is -2.37. The highest BCUT2D eigenvalue weighted by Gasteiger charge is 2.38. The molecule has 264 valence electrons. The van der Waals surface area contributed by atoms with Gasteiger partial charge in [-0.05, 0) is 48.1 Å². The molecule has 0 unspecified atom stereocenters. The maximum absolute atomic E-state index is 14.3. The molecule has 0 aliphatic carbocycles. The molecular formula is C44H49N3O4. The summed E-state index contributed by atoms with van der Waals surface area (Å²) in [5.41, 5.74) is 10.6. The molecule has 0 aliphatic rings. The first-order valence-corrected chi connectivity index (χ1v) is 17.8. The first kappa shape index (κ1) is 37.2. The zero-order valence-electron chi connectivity index (χ0n) is 29.6. The van der Waals surface area contributed by atoms with Crippen LogP contribution in [0, 0.1) is 0 Å². The third kappa shape index (κ3) is 9.58. The van der Waals surface area contributed by atoms with Crippen molar-refractivity contribution in [3.63, 3.8) is 0 Å². The van der Waals surface area contributed by atoms with E-state index in [4.69, 9.17) is 15.2 Å². The van der Waals surface area contributed by atoms with Crippen LogP contribution in [0.3, 0.4) is 0 Å². The van der Waals surface area contributed by atoms with E-state index in [9.17, 15) is 9.59 Å². The lowest BCUT2D eigenvalue weighted by atomic mass is 9.77. The molecule has 5 rings (SSSR count). The number of nitrogens with zero attached hydrogens (tertiary/aromatic N) is 1. The summed E-state index contributed by atoms with van der Waals surface area (Å²) in [5.74, 6) is -0.632. The largest absolute Gasteiger partial charge is 0.351 e. The summed E-state index contributed by atoms with van der Waals surface area (Å²) < 4.78 is 11.8. The summed E-state index contributed by atoms with van der Waals surface area (Å²) in [6.45, 7) is 5.23. The highest BCUT2D eigenvalue weighted by molar-refractivity contribution is 5.89. The zero-order chi connectivity index (χ0) is 35.9. The highest BCUT2D eigenvalue weighted by atomic mass is 16.7. The average Bonchev–Trinajstić information content (AvgIpc) is 3.18. The fourth-order valence-electron chi connectivity index (χ4n) is 6.74. The van der Waals surface area contributed by atoms with E-state index >= 15 is 0 Å². The quantitative estimate of drug-likeness (QED) is 0.0749. The second-order valence-electron chi connectivity index (χ2n) is 12.5. The number of nitrogens with two attached hydrogens (primary N) is 1. The minimum absolute atomic E-state index is 0.0445. The van der Waals surface area contributed by atoms with Crippen LogP contribution in [-0.4, -0.2) is 55.3 Å². The average molecular weight is 684 g/mol. The molecule has 0 bridgehead atoms. The number of nitrogens with one attached hydrogen (secondary N) is 1. The van der Waals surface area contributed by atoms with Gasteiger partial charge in [-0.25, -0.2) is 0 Å². The van der Waals surface area contributed by atoms with Crippen molar-refractivity contribution >= 4 is 11.8 Å². The second kappa shape index (κ2) is 18.8. The molecule has 0 saturated carbocycles. The fourth-order valence-corrected chi connectivity index (χ4v) is 6.74. The molecule has 0 radical (unpaired) electrons. The third-order valence-corrected chi connectivity index (χ3v) is 9.15. The van der Waals surface area contributed by atoms with Crippen LogP contribution in [0.1, 0.15) is 60.4 Å². The van der Waals surface area contributed by atoms with Crippen LogP contribution in [0.5, 0.6) is 0 Å². The van der Waals surface area contributed by atoms with Gasteiger partial charge in [-0.3, -0.25) is 9.59 Å². The number of carbonyl (C=O) groups is 2. The fraction of sp³-hybridized carbons (Fsp3) is 0.273. The Balaban J connectivity index is 1.42. The van der Waals surface area contributed by atoms with Crippen LogP contribution < -0.4 is 11.1 Å². The van der Waals surface area contributed by atoms with Gasteiger partial charge < -0.3 is 25.4 Å². The Kier molecular flexibility index (Phi) is 13.7. The Morgan fingerprint density at radius 1 is 0.647 bits per heavy atom. The number of hydrogen-bond donors (Lipinski definition) is 2. The van der Waals surface area contributed by atoms with Gasteiger partial charge in [0, 0.05) is 25.7 Å². The van der Waals surface area contributed by atoms with E-state index in [1.807, 2.05) is 141 Å². The Bertz CT molecular complexity index is 1610. The van der Waals surface area contributed by atoms with Crippen LogP contribution in [-0.2, 0) is 24.6 Å². The first-order chi connectivity index (χ1) is 25.0. The maximum atomic E-state index is 14.3. The van der Waals surface area contributed by atoms with E-state index in [1.165, 1.54) is 0 Å². The SMILES string of the molecule is CCOC(CN(CCC(c1ccccc1)c1ccccc1)C(=O)[C@@H](N)CC(=O)NC(c1ccccc1)(c1ccccc1)c1ccccc1)OCC. The molecule has 7 heteroatoms. The van der Waals surface area contributed by atoms with E-state index in [1.54, 1.807) is 4.90 Å². The van der Waals surface area contributed by atoms with Gasteiger partial charge in [0.05, 0.1) is 19.0 Å². The lowest BCUT2D eigenvalue weighted by Crippen LogP contribution is -2.52. The van der Waals surface area contributed by atoms with Crippen LogP contribution in [0.4, 0.5) is 0 Å². The van der Waals surface area contributed by atoms with Crippen LogP contribution in [0.15, 0.2) is 152 Å². The van der Waals surface area contributed by atoms with Gasteiger partial charge in [-0.2, -0.15) is 0 Å². The number of benzene rings is 5. The van der Waals surface area contributed by atoms with Crippen LogP contribution in [0.2, 0.25) is 0 Å². The number of amides is 2. The van der Waals surface area contributed by atoms with E-state index in [2.05, 4.69) is 29.6 Å². The molecule has 0 fully saturated rings. The van der Waals surface area contributed by atoms with Gasteiger partial charge in [-0.1, -0.05) is 152 Å². The summed E-state index contributed by atoms with van der Waals surface area (Å²) >= 11 is 0. The molecule has 0 aliphatic heterocycles. The Morgan fingerprint density at radius 3 is 1.43 bits per heavy atom. The Morgan fingerprint density at radius 2 is 1.04 bits per heavy atom. The first-order valence-electron chi connectivity index (χ1n) is 17.8. The van der Waals surface area contributed by atoms with E-state index in [-0.39, 0.29) is 30.7 Å². The Labute approximate surface area is 302 Å². The zero-order valence-corrected chi connectivity index (χ0v) is 29.6. The molecule has 2 amide bonds. The number of ether oxygens (including phenoxy) is 2. The molecule has 0 aromatic heterocycles. The molecule has 3 N–H and O–H groups in total. The summed E-state index contributed by atoms with van der Waals surface area (Å²) in [5, 5.41) is 3.34. The second-order valence-corrected chi connectivity index (χ2v) is 12.5. The molecule has 5 aromatic rings. The Hall–Kier alpha value is -5.08. The normalized spacial score (nSPS) is 12.1. The van der Waals surface area contributed by atoms with Crippen molar-refractivity contribution in [1.29, 1.82) is 0 Å². The van der Waals surface area contributed by atoms with Gasteiger partial charge in [0.2, 0.25) is 11.8 Å². The number of hydrogen-bond acceptors (Lipinski definition) is 5. The van der Waals surface area contributed by atoms with Gasteiger partial charge in [0.25, 0.3) is 0 Å². The van der Waals surface area contributed by atoms with Crippen molar-refractivity contribution in [2.45, 2.75) is 50.5 Å². The summed E-state index contributed by atoms with van der Waals surface area (Å²) in [4.78, 5) is 30.2. The van der Waals surface area contributed by atoms with Crippen molar-refractivity contribution < 1.29 is 19.1 Å². The minimum atomic E-state index is -1.10. The number of rotatable bonds is 18. The van der Waals surface area contributed by atoms with Crippen molar-refractivity contribution in [3.8, 4) is 0 Å². The van der Waals surface area contributed by atoms with Crippen LogP contribution in [0.25, 0.3) is 0 Å². The topological polar surface area (TPSA) is 93.9 Å². The smallest absolute Gasteiger partial charge is 0.240 e. The number of carbonyl (C=O) groups excluding carboxylic acids is 2. The summed E-state index contributed by atoms with van der Waals surface area (Å²) in [7, 11) is 0. The molecule has 5 aromatic carbocycles. The minimum Gasteiger partial charge on any atom is -0.351 e. The lowest BCUT2D eigenvalue weighted by molar-refractivity contribution is -0.160. The van der Waals surface area contributed by atoms with Crippen molar-refractivity contribution in [2.24, 2.45) is 5.73 Å². The maximum Gasteiger partial charge on any atom is 0.240 e. The third-order valence-electron chi connectivity index (χ3n) is 9.15. The van der Waals surface area contributed by atoms with E-state index < -0.39 is 17.9 Å². The standard InChI is InChI=1S/C44H49N3O4/c1-3-50-42(51-4-2)33-47(31-30-39(34-20-10-5-11-21-34)35-22-12-6-13-23-35)43(49)40(45)32-41(48)46-44(36-24-14-7-15-25-36,37-26-16-8-17-27-37)38-28-18-9-19-29-38/h5-29,39-40,42H,3-4,30-33,45H2,1-2H3,(H,46,48)/t40-/m0/s1. The molecule has 0 heterocycles. The van der Waals surface area contributed by atoms with Crippen molar-refractivity contribution in [2.75, 3.05) is 26.3 Å². The predicted molar refractivity (Wildman–Crippen MR) is 203 cm³/mol. The van der Waals surface area contributed by atoms with Gasteiger partial charge in [0.15, 0.2) is 6.29 Å². The molecule has 0 saturated heterocycles. The summed E-state index contributed by atoms with van der Waals surface area (Å²) in [6, 6.07) is 49.1. The molecule has 7 nitrogen and oxygen atoms in total. The van der Waals surface area contributed by atoms with Crippen molar-refractivity contribution in [1.82, 2.24) is 10.2 Å². The monoisotopic (exact) mass is 683 g/mol.